The van der Waals surface area contributed by atoms with E-state index in [4.69, 9.17) is 5.73 Å². The van der Waals surface area contributed by atoms with Crippen LogP contribution >= 0.6 is 0 Å². The lowest BCUT2D eigenvalue weighted by Gasteiger charge is -2.00. The minimum atomic E-state index is -0.282. The summed E-state index contributed by atoms with van der Waals surface area (Å²) in [5.41, 5.74) is 6.34. The average molecular weight is 201 g/mol. The van der Waals surface area contributed by atoms with Gasteiger partial charge in [0, 0.05) is 6.42 Å². The van der Waals surface area contributed by atoms with Gasteiger partial charge in [-0.1, -0.05) is 30.3 Å². The first-order valence-corrected chi connectivity index (χ1v) is 4.63. The monoisotopic (exact) mass is 201 g/mol. The van der Waals surface area contributed by atoms with Crippen LogP contribution in [0.4, 0.5) is 5.69 Å². The molecule has 76 valence electrons. The van der Waals surface area contributed by atoms with Gasteiger partial charge in [0.1, 0.15) is 11.5 Å². The second kappa shape index (κ2) is 3.96. The number of anilines is 1. The fourth-order valence-electron chi connectivity index (χ4n) is 1.32. The highest BCUT2D eigenvalue weighted by atomic mass is 16.1. The van der Waals surface area contributed by atoms with E-state index in [0.717, 1.165) is 5.56 Å². The predicted octanol–water partition coefficient (Wildman–Crippen LogP) is 0.943. The van der Waals surface area contributed by atoms with Crippen LogP contribution in [-0.2, 0) is 6.42 Å². The zero-order valence-electron chi connectivity index (χ0n) is 8.10. The Bertz CT molecular complexity index is 505. The van der Waals surface area contributed by atoms with Crippen molar-refractivity contribution in [1.82, 2.24) is 9.97 Å². The van der Waals surface area contributed by atoms with E-state index in [0.29, 0.717) is 12.2 Å². The Morgan fingerprint density at radius 1 is 1.27 bits per heavy atom. The molecule has 4 nitrogen and oxygen atoms in total. The minimum absolute atomic E-state index is 0.145. The van der Waals surface area contributed by atoms with Crippen molar-refractivity contribution < 1.29 is 0 Å². The molecule has 0 aliphatic rings. The number of hydrogen-bond acceptors (Lipinski definition) is 3. The van der Waals surface area contributed by atoms with Crippen molar-refractivity contribution in [2.45, 2.75) is 6.42 Å². The van der Waals surface area contributed by atoms with E-state index in [-0.39, 0.29) is 11.2 Å². The van der Waals surface area contributed by atoms with Crippen LogP contribution in [0, 0.1) is 0 Å². The average Bonchev–Trinajstić information content (AvgIpc) is 2.25. The van der Waals surface area contributed by atoms with Crippen molar-refractivity contribution in [2.24, 2.45) is 0 Å². The quantitative estimate of drug-likeness (QED) is 0.759. The number of nitrogens with zero attached hydrogens (tertiary/aromatic N) is 1. The van der Waals surface area contributed by atoms with Crippen molar-refractivity contribution in [1.29, 1.82) is 0 Å². The van der Waals surface area contributed by atoms with Crippen LogP contribution in [0.15, 0.2) is 41.3 Å². The Labute approximate surface area is 86.8 Å². The first-order valence-electron chi connectivity index (χ1n) is 4.63. The molecule has 0 spiro atoms. The highest BCUT2D eigenvalue weighted by molar-refractivity contribution is 5.31. The molecule has 0 radical (unpaired) electrons. The van der Waals surface area contributed by atoms with Crippen LogP contribution in [0.5, 0.6) is 0 Å². The van der Waals surface area contributed by atoms with E-state index in [1.54, 1.807) is 0 Å². The molecular formula is C11H11N3O. The summed E-state index contributed by atoms with van der Waals surface area (Å²) in [6, 6.07) is 9.81. The summed E-state index contributed by atoms with van der Waals surface area (Å²) < 4.78 is 0. The Balaban J connectivity index is 2.26. The molecular weight excluding hydrogens is 190 g/mol. The number of nitrogens with one attached hydrogen (secondary N) is 1. The highest BCUT2D eigenvalue weighted by Crippen LogP contribution is 2.03. The van der Waals surface area contributed by atoms with Gasteiger partial charge < -0.3 is 10.7 Å². The van der Waals surface area contributed by atoms with Crippen LogP contribution in [-0.4, -0.2) is 9.97 Å². The number of hydrogen-bond donors (Lipinski definition) is 2. The predicted molar refractivity (Wildman–Crippen MR) is 58.5 cm³/mol. The maximum absolute atomic E-state index is 11.2. The van der Waals surface area contributed by atoms with Crippen LogP contribution in [0.1, 0.15) is 11.4 Å². The molecule has 0 saturated carbocycles. The molecule has 15 heavy (non-hydrogen) atoms. The van der Waals surface area contributed by atoms with Crippen LogP contribution < -0.4 is 11.3 Å². The van der Waals surface area contributed by atoms with Crippen molar-refractivity contribution in [3.05, 3.63) is 58.3 Å². The van der Waals surface area contributed by atoms with Crippen molar-refractivity contribution in [2.75, 3.05) is 5.73 Å². The Kier molecular flexibility index (Phi) is 2.49. The van der Waals surface area contributed by atoms with E-state index >= 15 is 0 Å². The van der Waals surface area contributed by atoms with E-state index in [1.807, 2.05) is 30.3 Å². The van der Waals surface area contributed by atoms with Gasteiger partial charge in [0.2, 0.25) is 0 Å². The van der Waals surface area contributed by atoms with E-state index in [1.165, 1.54) is 6.20 Å². The summed E-state index contributed by atoms with van der Waals surface area (Å²) in [6.07, 6.45) is 1.99. The third-order valence-corrected chi connectivity index (χ3v) is 2.09. The summed E-state index contributed by atoms with van der Waals surface area (Å²) in [7, 11) is 0. The normalized spacial score (nSPS) is 10.1. The summed E-state index contributed by atoms with van der Waals surface area (Å²) >= 11 is 0. The Hall–Kier alpha value is -2.10. The maximum Gasteiger partial charge on any atom is 0.274 e. The van der Waals surface area contributed by atoms with Gasteiger partial charge in [0.05, 0.1) is 6.20 Å². The SMILES string of the molecule is Nc1cnc(Cc2ccccc2)[nH]c1=O. The van der Waals surface area contributed by atoms with Gasteiger partial charge >= 0.3 is 0 Å². The number of rotatable bonds is 2. The molecule has 0 atom stereocenters. The lowest BCUT2D eigenvalue weighted by atomic mass is 10.1. The van der Waals surface area contributed by atoms with Gasteiger partial charge in [-0.05, 0) is 5.56 Å². The number of aromatic nitrogens is 2. The minimum Gasteiger partial charge on any atom is -0.393 e. The Morgan fingerprint density at radius 3 is 2.67 bits per heavy atom. The smallest absolute Gasteiger partial charge is 0.274 e. The highest BCUT2D eigenvalue weighted by Gasteiger charge is 1.99. The third-order valence-electron chi connectivity index (χ3n) is 2.09. The first-order chi connectivity index (χ1) is 7.25. The second-order valence-corrected chi connectivity index (χ2v) is 3.28. The summed E-state index contributed by atoms with van der Waals surface area (Å²) in [6.45, 7) is 0. The van der Waals surface area contributed by atoms with Gasteiger partial charge in [0.15, 0.2) is 0 Å². The number of nitrogen functional groups attached to an aromatic ring is 1. The molecule has 3 N–H and O–H groups in total. The summed E-state index contributed by atoms with van der Waals surface area (Å²) in [5.74, 6) is 0.625. The van der Waals surface area contributed by atoms with Gasteiger partial charge in [-0.25, -0.2) is 4.98 Å². The van der Waals surface area contributed by atoms with Gasteiger partial charge in [-0.3, -0.25) is 4.79 Å². The van der Waals surface area contributed by atoms with Gasteiger partial charge in [-0.15, -0.1) is 0 Å². The molecule has 1 aromatic carbocycles. The molecule has 2 aromatic rings. The molecule has 0 unspecified atom stereocenters. The molecule has 0 aliphatic carbocycles. The number of nitrogens with two attached hydrogens (primary N) is 1. The molecule has 0 aliphatic heterocycles. The number of benzene rings is 1. The van der Waals surface area contributed by atoms with Gasteiger partial charge in [-0.2, -0.15) is 0 Å². The molecule has 2 rings (SSSR count). The third kappa shape index (κ3) is 2.22. The lowest BCUT2D eigenvalue weighted by Crippen LogP contribution is -2.15. The summed E-state index contributed by atoms with van der Waals surface area (Å²) in [5, 5.41) is 0. The fourth-order valence-corrected chi connectivity index (χ4v) is 1.32. The molecule has 0 saturated heterocycles. The molecule has 1 heterocycles. The summed E-state index contributed by atoms with van der Waals surface area (Å²) in [4.78, 5) is 17.9. The number of H-pyrrole nitrogens is 1. The first kappa shape index (κ1) is 9.45. The second-order valence-electron chi connectivity index (χ2n) is 3.28. The molecule has 4 heteroatoms. The number of aromatic amines is 1. The van der Waals surface area contributed by atoms with E-state index in [2.05, 4.69) is 9.97 Å². The largest absolute Gasteiger partial charge is 0.393 e. The fraction of sp³-hybridized carbons (Fsp3) is 0.0909. The molecule has 0 bridgehead atoms. The van der Waals surface area contributed by atoms with Gasteiger partial charge in [0.25, 0.3) is 5.56 Å². The molecule has 1 aromatic heterocycles. The molecule has 0 fully saturated rings. The molecule has 0 amide bonds. The zero-order valence-corrected chi connectivity index (χ0v) is 8.10. The van der Waals surface area contributed by atoms with E-state index < -0.39 is 0 Å². The lowest BCUT2D eigenvalue weighted by molar-refractivity contribution is 0.950. The van der Waals surface area contributed by atoms with Crippen LogP contribution in [0.25, 0.3) is 0 Å². The van der Waals surface area contributed by atoms with Crippen LogP contribution in [0.3, 0.4) is 0 Å². The van der Waals surface area contributed by atoms with Crippen molar-refractivity contribution >= 4 is 5.69 Å². The Morgan fingerprint density at radius 2 is 2.00 bits per heavy atom. The van der Waals surface area contributed by atoms with Crippen LogP contribution in [0.2, 0.25) is 0 Å². The van der Waals surface area contributed by atoms with E-state index in [9.17, 15) is 4.79 Å². The van der Waals surface area contributed by atoms with Crippen molar-refractivity contribution in [3.63, 3.8) is 0 Å². The van der Waals surface area contributed by atoms with Crippen molar-refractivity contribution in [3.8, 4) is 0 Å². The standard InChI is InChI=1S/C11H11N3O/c12-9-7-13-10(14-11(9)15)6-8-4-2-1-3-5-8/h1-5,7H,6,12H2,(H,13,14,15). The zero-order chi connectivity index (χ0) is 10.7. The maximum atomic E-state index is 11.2. The topological polar surface area (TPSA) is 71.8 Å².